The fourth-order valence-electron chi connectivity index (χ4n) is 1.11. The van der Waals surface area contributed by atoms with Crippen molar-refractivity contribution in [1.29, 1.82) is 0 Å². The topological polar surface area (TPSA) is 94.8 Å². The lowest BCUT2D eigenvalue weighted by molar-refractivity contribution is -0.150. The number of carboxylic acid groups (broad SMARTS) is 2. The Morgan fingerprint density at radius 3 is 2.09 bits per heavy atom. The Labute approximate surface area is 62.3 Å². The highest BCUT2D eigenvalue weighted by Gasteiger charge is 2.64. The Morgan fingerprint density at radius 1 is 1.45 bits per heavy atom. The van der Waals surface area contributed by atoms with Gasteiger partial charge in [0.25, 0.3) is 0 Å². The first kappa shape index (κ1) is 8.00. The minimum absolute atomic E-state index is 0.0359. The Morgan fingerprint density at radius 2 is 2.00 bits per heavy atom. The van der Waals surface area contributed by atoms with Crippen LogP contribution < -0.4 is 0 Å². The molecule has 0 saturated heterocycles. The second-order valence-corrected chi connectivity index (χ2v) is 2.71. The van der Waals surface area contributed by atoms with E-state index in [0.29, 0.717) is 0 Å². The normalized spacial score (nSPS) is 34.8. The number of aliphatic hydroxyl groups excluding tert-OH is 1. The van der Waals surface area contributed by atoms with Crippen molar-refractivity contribution in [3.05, 3.63) is 0 Å². The van der Waals surface area contributed by atoms with E-state index in [4.69, 9.17) is 15.3 Å². The molecule has 0 aromatic heterocycles. The molecule has 0 aromatic rings. The van der Waals surface area contributed by atoms with Crippen molar-refractivity contribution in [2.75, 3.05) is 6.61 Å². The predicted octanol–water partition coefficient (Wildman–Crippen LogP) is -0.846. The smallest absolute Gasteiger partial charge is 0.312 e. The van der Waals surface area contributed by atoms with E-state index >= 15 is 0 Å². The number of rotatable bonds is 3. The van der Waals surface area contributed by atoms with Crippen molar-refractivity contribution >= 4 is 11.9 Å². The van der Waals surface area contributed by atoms with Crippen LogP contribution in [-0.2, 0) is 9.59 Å². The Kier molecular flexibility index (Phi) is 1.60. The molecule has 0 unspecified atom stereocenters. The minimum atomic E-state index is -1.40. The van der Waals surface area contributed by atoms with Crippen LogP contribution in [0.1, 0.15) is 6.42 Å². The molecule has 1 saturated carbocycles. The molecule has 2 atom stereocenters. The van der Waals surface area contributed by atoms with E-state index < -0.39 is 29.9 Å². The van der Waals surface area contributed by atoms with E-state index in [1.54, 1.807) is 0 Å². The van der Waals surface area contributed by atoms with Crippen molar-refractivity contribution < 1.29 is 24.9 Å². The lowest BCUT2D eigenvalue weighted by Gasteiger charge is -2.04. The third-order valence-corrected chi connectivity index (χ3v) is 2.08. The number of aliphatic hydroxyl groups is 1. The van der Waals surface area contributed by atoms with E-state index in [9.17, 15) is 9.59 Å². The molecule has 0 spiro atoms. The van der Waals surface area contributed by atoms with E-state index in [1.165, 1.54) is 0 Å². The van der Waals surface area contributed by atoms with Crippen molar-refractivity contribution in [1.82, 2.24) is 0 Å². The van der Waals surface area contributed by atoms with Gasteiger partial charge in [-0.25, -0.2) is 0 Å². The molecule has 3 N–H and O–H groups in total. The Balaban J connectivity index is 2.71. The zero-order chi connectivity index (χ0) is 8.65. The molecule has 62 valence electrons. The first-order valence-corrected chi connectivity index (χ1v) is 3.11. The van der Waals surface area contributed by atoms with Crippen LogP contribution in [0.2, 0.25) is 0 Å². The van der Waals surface area contributed by atoms with Gasteiger partial charge in [0.15, 0.2) is 0 Å². The molecule has 0 radical (unpaired) electrons. The predicted molar refractivity (Wildman–Crippen MR) is 32.9 cm³/mol. The van der Waals surface area contributed by atoms with Crippen molar-refractivity contribution in [3.8, 4) is 0 Å². The zero-order valence-electron chi connectivity index (χ0n) is 5.65. The standard InChI is InChI=1S/C6H8O5/c7-2-6(5(10)11)1-3(6)4(8)9/h3,7H,1-2H2,(H,8,9)(H,10,11)/t3-,6+/m1/s1. The third kappa shape index (κ3) is 0.970. The third-order valence-electron chi connectivity index (χ3n) is 2.08. The highest BCUT2D eigenvalue weighted by molar-refractivity contribution is 5.89. The van der Waals surface area contributed by atoms with Gasteiger partial charge in [-0.05, 0) is 6.42 Å². The lowest BCUT2D eigenvalue weighted by Crippen LogP contribution is -2.24. The lowest BCUT2D eigenvalue weighted by atomic mass is 10.1. The van der Waals surface area contributed by atoms with Gasteiger partial charge in [0.2, 0.25) is 0 Å². The number of aliphatic carboxylic acids is 2. The quantitative estimate of drug-likeness (QED) is 0.500. The van der Waals surface area contributed by atoms with Crippen LogP contribution in [0.15, 0.2) is 0 Å². The summed E-state index contributed by atoms with van der Waals surface area (Å²) in [5.74, 6) is -3.29. The summed E-state index contributed by atoms with van der Waals surface area (Å²) in [4.78, 5) is 20.7. The molecular weight excluding hydrogens is 152 g/mol. The molecule has 1 rings (SSSR count). The highest BCUT2D eigenvalue weighted by Crippen LogP contribution is 2.52. The van der Waals surface area contributed by atoms with Crippen LogP contribution in [0.5, 0.6) is 0 Å². The molecule has 5 nitrogen and oxygen atoms in total. The number of hydrogen-bond donors (Lipinski definition) is 3. The zero-order valence-corrected chi connectivity index (χ0v) is 5.65. The largest absolute Gasteiger partial charge is 0.481 e. The molecule has 1 aliphatic rings. The second kappa shape index (κ2) is 2.20. The first-order chi connectivity index (χ1) is 5.04. The maximum Gasteiger partial charge on any atom is 0.312 e. The Hall–Kier alpha value is -1.10. The summed E-state index contributed by atoms with van der Waals surface area (Å²) in [6, 6.07) is 0. The van der Waals surface area contributed by atoms with Gasteiger partial charge in [-0.15, -0.1) is 0 Å². The molecule has 1 fully saturated rings. The highest BCUT2D eigenvalue weighted by atomic mass is 16.4. The molecule has 0 bridgehead atoms. The van der Waals surface area contributed by atoms with Gasteiger partial charge in [0, 0.05) is 0 Å². The van der Waals surface area contributed by atoms with E-state index in [0.717, 1.165) is 0 Å². The molecule has 0 heterocycles. The fourth-order valence-corrected chi connectivity index (χ4v) is 1.11. The van der Waals surface area contributed by atoms with Crippen molar-refractivity contribution in [2.45, 2.75) is 6.42 Å². The van der Waals surface area contributed by atoms with Gasteiger partial charge < -0.3 is 15.3 Å². The molecule has 0 aliphatic heterocycles. The molecule has 5 heteroatoms. The second-order valence-electron chi connectivity index (χ2n) is 2.71. The van der Waals surface area contributed by atoms with Crippen LogP contribution >= 0.6 is 0 Å². The van der Waals surface area contributed by atoms with Gasteiger partial charge in [0.05, 0.1) is 12.5 Å². The van der Waals surface area contributed by atoms with Gasteiger partial charge >= 0.3 is 11.9 Å². The van der Waals surface area contributed by atoms with Gasteiger partial charge in [-0.2, -0.15) is 0 Å². The SMILES string of the molecule is O=C(O)[C@H]1C[C@@]1(CO)C(=O)O. The molecular formula is C6H8O5. The molecule has 1 aliphatic carbocycles. The summed E-state index contributed by atoms with van der Waals surface area (Å²) < 4.78 is 0. The molecule has 11 heavy (non-hydrogen) atoms. The summed E-state index contributed by atoms with van der Waals surface area (Å²) in [6.07, 6.45) is 0.0359. The summed E-state index contributed by atoms with van der Waals surface area (Å²) >= 11 is 0. The van der Waals surface area contributed by atoms with Gasteiger partial charge in [-0.3, -0.25) is 9.59 Å². The van der Waals surface area contributed by atoms with Crippen LogP contribution in [0, 0.1) is 11.3 Å². The van der Waals surface area contributed by atoms with E-state index in [1.807, 2.05) is 0 Å². The van der Waals surface area contributed by atoms with E-state index in [-0.39, 0.29) is 6.42 Å². The van der Waals surface area contributed by atoms with Crippen LogP contribution in [0.4, 0.5) is 0 Å². The van der Waals surface area contributed by atoms with Gasteiger partial charge in [-0.1, -0.05) is 0 Å². The van der Waals surface area contributed by atoms with E-state index in [2.05, 4.69) is 0 Å². The minimum Gasteiger partial charge on any atom is -0.481 e. The Bertz CT molecular complexity index is 211. The fraction of sp³-hybridized carbons (Fsp3) is 0.667. The number of carboxylic acids is 2. The number of hydrogen-bond acceptors (Lipinski definition) is 3. The molecule has 0 aromatic carbocycles. The number of carbonyl (C=O) groups is 2. The van der Waals surface area contributed by atoms with Crippen LogP contribution in [0.3, 0.4) is 0 Å². The van der Waals surface area contributed by atoms with Crippen LogP contribution in [0.25, 0.3) is 0 Å². The summed E-state index contributed by atoms with van der Waals surface area (Å²) in [5.41, 5.74) is -1.40. The maximum atomic E-state index is 10.4. The summed E-state index contributed by atoms with van der Waals surface area (Å²) in [6.45, 7) is -0.598. The summed E-state index contributed by atoms with van der Waals surface area (Å²) in [5, 5.41) is 25.5. The van der Waals surface area contributed by atoms with Crippen molar-refractivity contribution in [3.63, 3.8) is 0 Å². The average Bonchev–Trinajstić information content (AvgIpc) is 2.62. The van der Waals surface area contributed by atoms with Crippen LogP contribution in [-0.4, -0.2) is 33.9 Å². The maximum absolute atomic E-state index is 10.4. The summed E-state index contributed by atoms with van der Waals surface area (Å²) in [7, 11) is 0. The monoisotopic (exact) mass is 160 g/mol. The molecule has 0 amide bonds. The first-order valence-electron chi connectivity index (χ1n) is 3.11. The van der Waals surface area contributed by atoms with Crippen molar-refractivity contribution in [2.24, 2.45) is 11.3 Å². The van der Waals surface area contributed by atoms with Gasteiger partial charge in [0.1, 0.15) is 5.41 Å². The average molecular weight is 160 g/mol.